The van der Waals surface area contributed by atoms with E-state index in [9.17, 15) is 35.4 Å². The van der Waals surface area contributed by atoms with Gasteiger partial charge in [-0.2, -0.15) is 0 Å². The minimum Gasteiger partial charge on any atom is -0.394 e. The van der Waals surface area contributed by atoms with Crippen LogP contribution < -0.4 is 0 Å². The van der Waals surface area contributed by atoms with Crippen LogP contribution in [0.1, 0.15) is 27.2 Å². The number of ketones is 1. The summed E-state index contributed by atoms with van der Waals surface area (Å²) < 4.78 is 10.9. The van der Waals surface area contributed by atoms with Crippen LogP contribution in [0.15, 0.2) is 23.8 Å². The number of ether oxygens (including phenoxy) is 2. The predicted octanol–water partition coefficient (Wildman–Crippen LogP) is -1.60. The molecule has 160 valence electrons. The van der Waals surface area contributed by atoms with Gasteiger partial charge in [-0.05, 0) is 31.6 Å². The second kappa shape index (κ2) is 8.68. The highest BCUT2D eigenvalue weighted by Gasteiger charge is 2.52. The molecular formula is C19H30O9. The number of hydrogen-bond acceptors (Lipinski definition) is 9. The van der Waals surface area contributed by atoms with Crippen molar-refractivity contribution in [1.82, 2.24) is 0 Å². The molecule has 0 radical (unpaired) electrons. The van der Waals surface area contributed by atoms with E-state index in [1.807, 2.05) is 0 Å². The average molecular weight is 402 g/mol. The van der Waals surface area contributed by atoms with Crippen LogP contribution in [0.2, 0.25) is 0 Å². The predicted molar refractivity (Wildman–Crippen MR) is 97.0 cm³/mol. The largest absolute Gasteiger partial charge is 0.394 e. The summed E-state index contributed by atoms with van der Waals surface area (Å²) >= 11 is 0. The van der Waals surface area contributed by atoms with Gasteiger partial charge in [0.15, 0.2) is 12.1 Å². The molecule has 1 saturated heterocycles. The topological polar surface area (TPSA) is 157 Å². The summed E-state index contributed by atoms with van der Waals surface area (Å²) in [5, 5.41) is 59.9. The third kappa shape index (κ3) is 4.37. The first kappa shape index (κ1) is 23.1. The molecule has 28 heavy (non-hydrogen) atoms. The fourth-order valence-corrected chi connectivity index (χ4v) is 3.64. The van der Waals surface area contributed by atoms with Crippen LogP contribution in [0.25, 0.3) is 0 Å². The van der Waals surface area contributed by atoms with E-state index in [-0.39, 0.29) is 18.8 Å². The summed E-state index contributed by atoms with van der Waals surface area (Å²) in [5.41, 5.74) is -2.39. The highest BCUT2D eigenvalue weighted by molar-refractivity contribution is 5.92. The Balaban J connectivity index is 2.24. The van der Waals surface area contributed by atoms with Gasteiger partial charge in [-0.15, -0.1) is 0 Å². The fourth-order valence-electron chi connectivity index (χ4n) is 3.64. The molecule has 0 unspecified atom stereocenters. The van der Waals surface area contributed by atoms with Crippen molar-refractivity contribution in [3.8, 4) is 0 Å². The van der Waals surface area contributed by atoms with Gasteiger partial charge >= 0.3 is 0 Å². The first-order chi connectivity index (χ1) is 12.9. The fraction of sp³-hybridized carbons (Fsp3) is 0.737. The molecule has 0 aromatic heterocycles. The molecule has 1 aliphatic heterocycles. The van der Waals surface area contributed by atoms with Crippen LogP contribution in [0, 0.1) is 5.41 Å². The van der Waals surface area contributed by atoms with Gasteiger partial charge in [0.1, 0.15) is 30.0 Å². The van der Waals surface area contributed by atoms with E-state index in [0.717, 1.165) is 0 Å². The maximum Gasteiger partial charge on any atom is 0.186 e. The van der Waals surface area contributed by atoms with Crippen molar-refractivity contribution in [2.45, 2.75) is 69.6 Å². The monoisotopic (exact) mass is 402 g/mol. The third-order valence-corrected chi connectivity index (χ3v) is 5.49. The van der Waals surface area contributed by atoms with E-state index in [4.69, 9.17) is 9.47 Å². The number of hydrogen-bond donors (Lipinski definition) is 6. The zero-order chi connectivity index (χ0) is 21.3. The van der Waals surface area contributed by atoms with Crippen LogP contribution in [-0.4, -0.2) is 92.0 Å². The van der Waals surface area contributed by atoms with Gasteiger partial charge in [0.25, 0.3) is 0 Å². The van der Waals surface area contributed by atoms with E-state index in [1.54, 1.807) is 13.8 Å². The summed E-state index contributed by atoms with van der Waals surface area (Å²) in [6.07, 6.45) is -3.92. The van der Waals surface area contributed by atoms with Crippen LogP contribution in [-0.2, 0) is 14.3 Å². The number of aliphatic hydroxyl groups excluding tert-OH is 5. The lowest BCUT2D eigenvalue weighted by Crippen LogP contribution is -2.60. The lowest BCUT2D eigenvalue weighted by molar-refractivity contribution is -0.308. The first-order valence-electron chi connectivity index (χ1n) is 9.18. The molecule has 0 aromatic rings. The molecule has 0 bridgehead atoms. The Morgan fingerprint density at radius 1 is 1.32 bits per heavy atom. The second-order valence-electron chi connectivity index (χ2n) is 7.91. The number of aliphatic hydroxyl groups is 6. The standard InChI is InChI=1S/C19H30O9/c1-10-6-12(22)7-18(3,19(10,26)5-4-11(2)21)9-27-17-16(25)15(24)14(23)13(8-20)28-17/h4-6,11,13-17,20-21,23-26H,7-9H2,1-3H3/b5-4+/t11-,13-,14-,15+,16-,17-,18-,19+/m1/s1. The summed E-state index contributed by atoms with van der Waals surface area (Å²) in [6.45, 7) is 3.90. The zero-order valence-corrected chi connectivity index (χ0v) is 16.2. The lowest BCUT2D eigenvalue weighted by Gasteiger charge is -2.47. The van der Waals surface area contributed by atoms with E-state index < -0.39 is 54.4 Å². The maximum atomic E-state index is 12.1. The van der Waals surface area contributed by atoms with Crippen molar-refractivity contribution >= 4 is 5.78 Å². The normalized spacial score (nSPS) is 43.2. The number of carbonyl (C=O) groups excluding carboxylic acids is 1. The molecule has 2 aliphatic rings. The molecule has 9 heteroatoms. The van der Waals surface area contributed by atoms with Crippen molar-refractivity contribution in [1.29, 1.82) is 0 Å². The highest BCUT2D eigenvalue weighted by atomic mass is 16.7. The maximum absolute atomic E-state index is 12.1. The second-order valence-corrected chi connectivity index (χ2v) is 7.91. The first-order valence-corrected chi connectivity index (χ1v) is 9.18. The molecule has 1 heterocycles. The summed E-state index contributed by atoms with van der Waals surface area (Å²) in [4.78, 5) is 12.1. The molecule has 2 rings (SSSR count). The van der Waals surface area contributed by atoms with Crippen LogP contribution >= 0.6 is 0 Å². The van der Waals surface area contributed by atoms with Gasteiger partial charge in [-0.3, -0.25) is 4.79 Å². The third-order valence-electron chi connectivity index (χ3n) is 5.49. The van der Waals surface area contributed by atoms with Crippen molar-refractivity contribution in [3.05, 3.63) is 23.8 Å². The Kier molecular flexibility index (Phi) is 7.17. The number of rotatable bonds is 6. The summed E-state index contributed by atoms with van der Waals surface area (Å²) in [7, 11) is 0. The van der Waals surface area contributed by atoms with Gasteiger partial charge in [0.2, 0.25) is 0 Å². The van der Waals surface area contributed by atoms with E-state index in [1.165, 1.54) is 25.2 Å². The molecule has 0 amide bonds. The molecule has 1 fully saturated rings. The van der Waals surface area contributed by atoms with Gasteiger partial charge in [-0.1, -0.05) is 13.0 Å². The minimum absolute atomic E-state index is 0.0671. The molecule has 1 aliphatic carbocycles. The van der Waals surface area contributed by atoms with E-state index >= 15 is 0 Å². The SMILES string of the molecule is CC1=CC(=O)C[C@](C)(CO[C@@H]2O[C@H](CO)[C@@H](O)[C@H](O)[C@H]2O)[C@]1(O)/C=C/[C@@H](C)O. The lowest BCUT2D eigenvalue weighted by atomic mass is 9.63. The van der Waals surface area contributed by atoms with Crippen LogP contribution in [0.5, 0.6) is 0 Å². The Hall–Kier alpha value is -1.17. The summed E-state index contributed by atoms with van der Waals surface area (Å²) in [6, 6.07) is 0. The minimum atomic E-state index is -1.61. The van der Waals surface area contributed by atoms with Crippen molar-refractivity contribution in [3.63, 3.8) is 0 Å². The Morgan fingerprint density at radius 3 is 2.54 bits per heavy atom. The molecule has 8 atom stereocenters. The summed E-state index contributed by atoms with van der Waals surface area (Å²) in [5.74, 6) is -0.215. The number of allylic oxidation sites excluding steroid dienone is 1. The van der Waals surface area contributed by atoms with Crippen molar-refractivity contribution in [2.75, 3.05) is 13.2 Å². The highest BCUT2D eigenvalue weighted by Crippen LogP contribution is 2.45. The van der Waals surface area contributed by atoms with Crippen molar-refractivity contribution in [2.24, 2.45) is 5.41 Å². The molecule has 0 aromatic carbocycles. The van der Waals surface area contributed by atoms with E-state index in [0.29, 0.717) is 5.57 Å². The molecule has 6 N–H and O–H groups in total. The molecule has 0 saturated carbocycles. The Morgan fingerprint density at radius 2 is 1.96 bits per heavy atom. The van der Waals surface area contributed by atoms with Gasteiger partial charge in [0, 0.05) is 11.8 Å². The van der Waals surface area contributed by atoms with Crippen molar-refractivity contribution < 1.29 is 44.9 Å². The van der Waals surface area contributed by atoms with Gasteiger partial charge in [0.05, 0.1) is 19.3 Å². The number of carbonyl (C=O) groups is 1. The molecule has 9 nitrogen and oxygen atoms in total. The van der Waals surface area contributed by atoms with Gasteiger partial charge < -0.3 is 40.1 Å². The quantitative estimate of drug-likeness (QED) is 0.288. The molecule has 0 spiro atoms. The smallest absolute Gasteiger partial charge is 0.186 e. The molecular weight excluding hydrogens is 372 g/mol. The van der Waals surface area contributed by atoms with E-state index in [2.05, 4.69) is 0 Å². The average Bonchev–Trinajstić information content (AvgIpc) is 2.62. The zero-order valence-electron chi connectivity index (χ0n) is 16.2. The Bertz CT molecular complexity index is 629. The van der Waals surface area contributed by atoms with Gasteiger partial charge in [-0.25, -0.2) is 0 Å². The van der Waals surface area contributed by atoms with Crippen LogP contribution in [0.3, 0.4) is 0 Å². The Labute approximate surface area is 163 Å². The van der Waals surface area contributed by atoms with Crippen LogP contribution in [0.4, 0.5) is 0 Å².